The standard InChI is InChI=1S/C11H13IN2O2/c1-7-4-8(7)6-13-10-3-2-9(12)5-11(10)14(15)16/h2-3,5,7-8,13H,4,6H2,1H3. The highest BCUT2D eigenvalue weighted by molar-refractivity contribution is 14.1. The first-order valence-electron chi connectivity index (χ1n) is 5.25. The van der Waals surface area contributed by atoms with Crippen molar-refractivity contribution in [1.29, 1.82) is 0 Å². The van der Waals surface area contributed by atoms with Crippen LogP contribution < -0.4 is 5.32 Å². The number of rotatable bonds is 4. The highest BCUT2D eigenvalue weighted by Gasteiger charge is 2.32. The second-order valence-electron chi connectivity index (χ2n) is 4.27. The first-order chi connectivity index (χ1) is 7.58. The van der Waals surface area contributed by atoms with E-state index in [4.69, 9.17) is 0 Å². The summed E-state index contributed by atoms with van der Waals surface area (Å²) in [5.41, 5.74) is 0.796. The van der Waals surface area contributed by atoms with Gasteiger partial charge in [0.2, 0.25) is 0 Å². The minimum absolute atomic E-state index is 0.167. The van der Waals surface area contributed by atoms with Crippen molar-refractivity contribution in [1.82, 2.24) is 0 Å². The number of halogens is 1. The van der Waals surface area contributed by atoms with Crippen molar-refractivity contribution < 1.29 is 4.92 Å². The molecular weight excluding hydrogens is 319 g/mol. The Kier molecular flexibility index (Phi) is 3.32. The molecule has 0 heterocycles. The Hall–Kier alpha value is -0.850. The molecule has 0 aromatic heterocycles. The SMILES string of the molecule is CC1CC1CNc1ccc(I)cc1[N+](=O)[O-]. The normalized spacial score (nSPS) is 22.9. The molecule has 0 radical (unpaired) electrons. The monoisotopic (exact) mass is 332 g/mol. The van der Waals surface area contributed by atoms with Crippen LogP contribution in [0.2, 0.25) is 0 Å². The smallest absolute Gasteiger partial charge is 0.293 e. The topological polar surface area (TPSA) is 55.2 Å². The van der Waals surface area contributed by atoms with Crippen molar-refractivity contribution in [2.75, 3.05) is 11.9 Å². The zero-order valence-corrected chi connectivity index (χ0v) is 11.1. The quantitative estimate of drug-likeness (QED) is 0.523. The maximum absolute atomic E-state index is 10.9. The van der Waals surface area contributed by atoms with E-state index in [0.717, 1.165) is 16.0 Å². The maximum Gasteiger partial charge on any atom is 0.293 e. The van der Waals surface area contributed by atoms with E-state index in [2.05, 4.69) is 34.8 Å². The summed E-state index contributed by atoms with van der Waals surface area (Å²) in [4.78, 5) is 10.5. The molecule has 0 bridgehead atoms. The fraction of sp³-hybridized carbons (Fsp3) is 0.455. The molecule has 4 nitrogen and oxygen atoms in total. The molecule has 0 saturated heterocycles. The van der Waals surface area contributed by atoms with E-state index in [0.29, 0.717) is 11.6 Å². The Morgan fingerprint density at radius 1 is 1.62 bits per heavy atom. The first kappa shape index (κ1) is 11.6. The number of nitrogens with one attached hydrogen (secondary N) is 1. The molecule has 0 amide bonds. The Morgan fingerprint density at radius 2 is 2.31 bits per heavy atom. The summed E-state index contributed by atoms with van der Waals surface area (Å²) in [5.74, 6) is 1.44. The summed E-state index contributed by atoms with van der Waals surface area (Å²) in [6.07, 6.45) is 1.23. The van der Waals surface area contributed by atoms with Crippen LogP contribution in [0.1, 0.15) is 13.3 Å². The van der Waals surface area contributed by atoms with Crippen LogP contribution in [0.25, 0.3) is 0 Å². The summed E-state index contributed by atoms with van der Waals surface area (Å²) in [6, 6.07) is 5.26. The zero-order chi connectivity index (χ0) is 11.7. The predicted octanol–water partition coefficient (Wildman–Crippen LogP) is 3.27. The Balaban J connectivity index is 2.09. The van der Waals surface area contributed by atoms with Crippen LogP contribution in [0, 0.1) is 25.5 Å². The highest BCUT2D eigenvalue weighted by Crippen LogP contribution is 2.38. The number of hydrogen-bond donors (Lipinski definition) is 1. The number of anilines is 1. The summed E-state index contributed by atoms with van der Waals surface area (Å²) >= 11 is 2.08. The Bertz CT molecular complexity index is 422. The molecule has 2 atom stereocenters. The summed E-state index contributed by atoms with van der Waals surface area (Å²) in [5, 5.41) is 14.0. The molecule has 2 rings (SSSR count). The van der Waals surface area contributed by atoms with Crippen LogP contribution in [0.5, 0.6) is 0 Å². The number of nitro benzene ring substituents is 1. The lowest BCUT2D eigenvalue weighted by molar-refractivity contribution is -0.384. The third-order valence-corrected chi connectivity index (χ3v) is 3.66. The van der Waals surface area contributed by atoms with Crippen molar-refractivity contribution in [3.05, 3.63) is 31.9 Å². The molecule has 1 aromatic carbocycles. The lowest BCUT2D eigenvalue weighted by atomic mass is 10.2. The van der Waals surface area contributed by atoms with Crippen molar-refractivity contribution in [3.63, 3.8) is 0 Å². The van der Waals surface area contributed by atoms with E-state index in [-0.39, 0.29) is 10.6 Å². The summed E-state index contributed by atoms with van der Waals surface area (Å²) in [7, 11) is 0. The van der Waals surface area contributed by atoms with E-state index in [1.165, 1.54) is 6.42 Å². The molecule has 1 fully saturated rings. The van der Waals surface area contributed by atoms with Gasteiger partial charge < -0.3 is 5.32 Å². The molecule has 86 valence electrons. The second kappa shape index (κ2) is 4.57. The van der Waals surface area contributed by atoms with Gasteiger partial charge in [-0.25, -0.2) is 0 Å². The van der Waals surface area contributed by atoms with Gasteiger partial charge in [-0.3, -0.25) is 10.1 Å². The molecule has 0 spiro atoms. The molecule has 2 unspecified atom stereocenters. The lowest BCUT2D eigenvalue weighted by Crippen LogP contribution is -2.06. The van der Waals surface area contributed by atoms with Crippen molar-refractivity contribution >= 4 is 34.0 Å². The number of nitro groups is 1. The van der Waals surface area contributed by atoms with Crippen molar-refractivity contribution in [2.24, 2.45) is 11.8 Å². The van der Waals surface area contributed by atoms with Gasteiger partial charge in [0.15, 0.2) is 0 Å². The molecule has 16 heavy (non-hydrogen) atoms. The van der Waals surface area contributed by atoms with Gasteiger partial charge in [-0.1, -0.05) is 6.92 Å². The fourth-order valence-electron chi connectivity index (χ4n) is 1.73. The molecule has 1 aliphatic carbocycles. The number of nitrogens with zero attached hydrogens (tertiary/aromatic N) is 1. The summed E-state index contributed by atoms with van der Waals surface area (Å²) in [6.45, 7) is 3.04. The third-order valence-electron chi connectivity index (χ3n) is 2.99. The van der Waals surface area contributed by atoms with Crippen LogP contribution in [-0.2, 0) is 0 Å². The van der Waals surface area contributed by atoms with Crippen molar-refractivity contribution in [2.45, 2.75) is 13.3 Å². The van der Waals surface area contributed by atoms with Gasteiger partial charge in [0, 0.05) is 16.2 Å². The van der Waals surface area contributed by atoms with E-state index in [1.807, 2.05) is 6.07 Å². The van der Waals surface area contributed by atoms with Gasteiger partial charge in [-0.2, -0.15) is 0 Å². The summed E-state index contributed by atoms with van der Waals surface area (Å²) < 4.78 is 0.884. The van der Waals surface area contributed by atoms with Gasteiger partial charge in [-0.15, -0.1) is 0 Å². The molecule has 1 N–H and O–H groups in total. The minimum Gasteiger partial charge on any atom is -0.379 e. The average molecular weight is 332 g/mol. The van der Waals surface area contributed by atoms with Crippen LogP contribution in [0.4, 0.5) is 11.4 Å². The molecule has 1 saturated carbocycles. The number of hydrogen-bond acceptors (Lipinski definition) is 3. The largest absolute Gasteiger partial charge is 0.379 e. The predicted molar refractivity (Wildman–Crippen MR) is 71.6 cm³/mol. The first-order valence-corrected chi connectivity index (χ1v) is 6.33. The zero-order valence-electron chi connectivity index (χ0n) is 8.94. The van der Waals surface area contributed by atoms with E-state index in [9.17, 15) is 10.1 Å². The van der Waals surface area contributed by atoms with Crippen LogP contribution in [0.15, 0.2) is 18.2 Å². The Morgan fingerprint density at radius 3 is 2.88 bits per heavy atom. The molecular formula is C11H13IN2O2. The van der Waals surface area contributed by atoms with E-state index in [1.54, 1.807) is 12.1 Å². The van der Waals surface area contributed by atoms with E-state index >= 15 is 0 Å². The van der Waals surface area contributed by atoms with Crippen LogP contribution >= 0.6 is 22.6 Å². The average Bonchev–Trinajstić information content (AvgIpc) is 2.92. The van der Waals surface area contributed by atoms with Gasteiger partial charge in [0.05, 0.1) is 4.92 Å². The lowest BCUT2D eigenvalue weighted by Gasteiger charge is -2.06. The molecule has 0 aliphatic heterocycles. The van der Waals surface area contributed by atoms with Gasteiger partial charge >= 0.3 is 0 Å². The number of benzene rings is 1. The molecule has 5 heteroatoms. The minimum atomic E-state index is -0.333. The van der Waals surface area contributed by atoms with Gasteiger partial charge in [-0.05, 0) is 53.0 Å². The second-order valence-corrected chi connectivity index (χ2v) is 5.52. The molecule has 1 aromatic rings. The Labute approximate surface area is 108 Å². The maximum atomic E-state index is 10.9. The third kappa shape index (κ3) is 2.63. The fourth-order valence-corrected chi connectivity index (χ4v) is 2.20. The highest BCUT2D eigenvalue weighted by atomic mass is 127. The van der Waals surface area contributed by atoms with Crippen molar-refractivity contribution in [3.8, 4) is 0 Å². The van der Waals surface area contributed by atoms with Crippen LogP contribution in [0.3, 0.4) is 0 Å². The van der Waals surface area contributed by atoms with E-state index < -0.39 is 0 Å². The van der Waals surface area contributed by atoms with Gasteiger partial charge in [0.1, 0.15) is 5.69 Å². The van der Waals surface area contributed by atoms with Gasteiger partial charge in [0.25, 0.3) is 5.69 Å². The van der Waals surface area contributed by atoms with Crippen LogP contribution in [-0.4, -0.2) is 11.5 Å². The molecule has 1 aliphatic rings.